The molecule has 1 aliphatic heterocycles. The summed E-state index contributed by atoms with van der Waals surface area (Å²) in [5.74, 6) is 0.144. The first-order valence-corrected chi connectivity index (χ1v) is 10.3. The number of carbonyl (C=O) groups is 2. The van der Waals surface area contributed by atoms with Crippen molar-refractivity contribution in [2.75, 3.05) is 31.1 Å². The molecule has 6 heteroatoms. The van der Waals surface area contributed by atoms with Crippen LogP contribution in [0, 0.1) is 12.8 Å². The zero-order valence-electron chi connectivity index (χ0n) is 17.5. The number of piperazine rings is 1. The minimum atomic E-state index is -0.500. The van der Waals surface area contributed by atoms with Crippen molar-refractivity contribution in [2.24, 2.45) is 5.92 Å². The van der Waals surface area contributed by atoms with Gasteiger partial charge in [-0.05, 0) is 30.9 Å². The second kappa shape index (κ2) is 9.54. The fraction of sp³-hybridized carbons (Fsp3) is 0.435. The lowest BCUT2D eigenvalue weighted by atomic mass is 10.0. The Morgan fingerprint density at radius 2 is 1.69 bits per heavy atom. The number of pyridine rings is 1. The zero-order chi connectivity index (χ0) is 20.8. The van der Waals surface area contributed by atoms with E-state index in [9.17, 15) is 9.59 Å². The Morgan fingerprint density at radius 1 is 1.03 bits per heavy atom. The Hall–Kier alpha value is -2.89. The largest absolute Gasteiger partial charge is 0.368 e. The lowest BCUT2D eigenvalue weighted by Crippen LogP contribution is -2.55. The number of amides is 2. The van der Waals surface area contributed by atoms with E-state index in [-0.39, 0.29) is 11.8 Å². The molecule has 0 radical (unpaired) electrons. The molecule has 29 heavy (non-hydrogen) atoms. The molecular weight excluding hydrogens is 364 g/mol. The monoisotopic (exact) mass is 395 g/mol. The fourth-order valence-corrected chi connectivity index (χ4v) is 3.75. The van der Waals surface area contributed by atoms with E-state index in [0.717, 1.165) is 24.3 Å². The van der Waals surface area contributed by atoms with Crippen molar-refractivity contribution >= 4 is 17.5 Å². The van der Waals surface area contributed by atoms with Crippen LogP contribution in [-0.4, -0.2) is 48.9 Å². The third-order valence-corrected chi connectivity index (χ3v) is 5.36. The Kier molecular flexibility index (Phi) is 6.86. The first kappa shape index (κ1) is 20.8. The third-order valence-electron chi connectivity index (χ3n) is 5.36. The summed E-state index contributed by atoms with van der Waals surface area (Å²) in [6.07, 6.45) is 4.45. The topological polar surface area (TPSA) is 66.8 Å². The van der Waals surface area contributed by atoms with Crippen molar-refractivity contribution in [3.8, 4) is 0 Å². The molecule has 1 atom stereocenters. The van der Waals surface area contributed by atoms with Gasteiger partial charge >= 0.3 is 0 Å². The molecule has 1 aliphatic rings. The Bertz CT molecular complexity index is 830. The molecule has 0 spiro atoms. The van der Waals surface area contributed by atoms with Crippen LogP contribution < -0.4 is 15.2 Å². The summed E-state index contributed by atoms with van der Waals surface area (Å²) in [7, 11) is 0. The normalized spacial score (nSPS) is 15.3. The lowest BCUT2D eigenvalue weighted by Gasteiger charge is -2.37. The SMILES string of the molecule is Cc1ccccc1C(=O)N[C@@H](CC(C)C)C(=O)N1CCN(c2cc[nH+]cc2)CC1. The highest BCUT2D eigenvalue weighted by Gasteiger charge is 2.29. The van der Waals surface area contributed by atoms with Crippen LogP contribution >= 0.6 is 0 Å². The molecule has 0 bridgehead atoms. The maximum atomic E-state index is 13.2. The summed E-state index contributed by atoms with van der Waals surface area (Å²) in [5, 5.41) is 3.00. The van der Waals surface area contributed by atoms with Gasteiger partial charge in [0.2, 0.25) is 5.91 Å². The fourth-order valence-electron chi connectivity index (χ4n) is 3.75. The highest BCUT2D eigenvalue weighted by Crippen LogP contribution is 2.16. The van der Waals surface area contributed by atoms with Crippen LogP contribution in [0.1, 0.15) is 36.2 Å². The number of benzene rings is 1. The smallest absolute Gasteiger partial charge is 0.252 e. The van der Waals surface area contributed by atoms with Gasteiger partial charge in [-0.1, -0.05) is 32.0 Å². The number of aryl methyl sites for hydroxylation is 1. The molecule has 3 rings (SSSR count). The van der Waals surface area contributed by atoms with Crippen LogP contribution in [0.15, 0.2) is 48.8 Å². The van der Waals surface area contributed by atoms with Crippen molar-refractivity contribution in [1.29, 1.82) is 0 Å². The number of hydrogen-bond acceptors (Lipinski definition) is 3. The summed E-state index contributed by atoms with van der Waals surface area (Å²) in [6.45, 7) is 8.95. The Balaban J connectivity index is 1.65. The molecule has 2 heterocycles. The number of carbonyl (C=O) groups excluding carboxylic acids is 2. The molecule has 1 aromatic heterocycles. The molecular formula is C23H31N4O2+. The first-order chi connectivity index (χ1) is 14.0. The van der Waals surface area contributed by atoms with E-state index in [4.69, 9.17) is 0 Å². The van der Waals surface area contributed by atoms with Gasteiger partial charge in [-0.3, -0.25) is 9.59 Å². The third kappa shape index (κ3) is 5.34. The summed E-state index contributed by atoms with van der Waals surface area (Å²) < 4.78 is 0. The predicted molar refractivity (Wildman–Crippen MR) is 114 cm³/mol. The molecule has 2 N–H and O–H groups in total. The Labute approximate surface area is 172 Å². The number of nitrogens with one attached hydrogen (secondary N) is 2. The van der Waals surface area contributed by atoms with Gasteiger partial charge in [-0.25, -0.2) is 4.98 Å². The minimum absolute atomic E-state index is 0.0154. The van der Waals surface area contributed by atoms with Crippen molar-refractivity contribution in [1.82, 2.24) is 10.2 Å². The Morgan fingerprint density at radius 3 is 2.31 bits per heavy atom. The van der Waals surface area contributed by atoms with Gasteiger partial charge in [0.15, 0.2) is 12.4 Å². The molecule has 154 valence electrons. The maximum absolute atomic E-state index is 13.2. The van der Waals surface area contributed by atoms with E-state index >= 15 is 0 Å². The molecule has 1 aromatic carbocycles. The second-order valence-electron chi connectivity index (χ2n) is 8.04. The van der Waals surface area contributed by atoms with Crippen LogP contribution in [0.3, 0.4) is 0 Å². The van der Waals surface area contributed by atoms with E-state index in [2.05, 4.69) is 29.0 Å². The zero-order valence-corrected chi connectivity index (χ0v) is 17.5. The molecule has 1 fully saturated rings. The van der Waals surface area contributed by atoms with E-state index in [0.29, 0.717) is 31.0 Å². The number of aromatic nitrogens is 1. The molecule has 1 saturated heterocycles. The van der Waals surface area contributed by atoms with Gasteiger partial charge < -0.3 is 15.1 Å². The first-order valence-electron chi connectivity index (χ1n) is 10.3. The van der Waals surface area contributed by atoms with E-state index in [1.54, 1.807) is 6.07 Å². The number of nitrogens with zero attached hydrogens (tertiary/aromatic N) is 2. The number of H-pyrrole nitrogens is 1. The summed E-state index contributed by atoms with van der Waals surface area (Å²) in [4.78, 5) is 33.2. The van der Waals surface area contributed by atoms with Crippen LogP contribution in [-0.2, 0) is 4.79 Å². The van der Waals surface area contributed by atoms with Gasteiger partial charge in [-0.15, -0.1) is 0 Å². The summed E-state index contributed by atoms with van der Waals surface area (Å²) in [6, 6.07) is 11.1. The van der Waals surface area contributed by atoms with Crippen LogP contribution in [0.25, 0.3) is 0 Å². The quantitative estimate of drug-likeness (QED) is 0.816. The molecule has 0 saturated carbocycles. The van der Waals surface area contributed by atoms with Gasteiger partial charge in [0.1, 0.15) is 6.04 Å². The number of aromatic amines is 1. The van der Waals surface area contributed by atoms with Gasteiger partial charge in [0, 0.05) is 49.6 Å². The molecule has 0 aliphatic carbocycles. The number of rotatable bonds is 6. The van der Waals surface area contributed by atoms with Crippen molar-refractivity contribution in [3.63, 3.8) is 0 Å². The van der Waals surface area contributed by atoms with E-state index in [1.807, 2.05) is 54.5 Å². The molecule has 6 nitrogen and oxygen atoms in total. The van der Waals surface area contributed by atoms with E-state index in [1.165, 1.54) is 0 Å². The standard InChI is InChI=1S/C23H30N4O2/c1-17(2)16-21(25-22(28)20-7-5-4-6-18(20)3)23(29)27-14-12-26(13-15-27)19-8-10-24-11-9-19/h4-11,17,21H,12-16H2,1-3H3,(H,25,28)/p+1/t21-/m0/s1. The maximum Gasteiger partial charge on any atom is 0.252 e. The van der Waals surface area contributed by atoms with Crippen molar-refractivity contribution in [3.05, 3.63) is 59.9 Å². The average molecular weight is 396 g/mol. The average Bonchev–Trinajstić information content (AvgIpc) is 2.73. The van der Waals surface area contributed by atoms with Gasteiger partial charge in [0.05, 0.1) is 0 Å². The highest BCUT2D eigenvalue weighted by atomic mass is 16.2. The molecule has 2 aromatic rings. The van der Waals surface area contributed by atoms with Crippen molar-refractivity contribution < 1.29 is 14.6 Å². The number of anilines is 1. The molecule has 2 amide bonds. The van der Waals surface area contributed by atoms with Crippen LogP contribution in [0.2, 0.25) is 0 Å². The van der Waals surface area contributed by atoms with Crippen molar-refractivity contribution in [2.45, 2.75) is 33.2 Å². The van der Waals surface area contributed by atoms with Crippen LogP contribution in [0.5, 0.6) is 0 Å². The van der Waals surface area contributed by atoms with Gasteiger partial charge in [0.25, 0.3) is 5.91 Å². The highest BCUT2D eigenvalue weighted by molar-refractivity contribution is 5.98. The summed E-state index contributed by atoms with van der Waals surface area (Å²) in [5.41, 5.74) is 2.69. The van der Waals surface area contributed by atoms with Gasteiger partial charge in [-0.2, -0.15) is 0 Å². The minimum Gasteiger partial charge on any atom is -0.368 e. The van der Waals surface area contributed by atoms with E-state index < -0.39 is 6.04 Å². The molecule has 0 unspecified atom stereocenters. The van der Waals surface area contributed by atoms with Crippen LogP contribution in [0.4, 0.5) is 5.69 Å². The number of hydrogen-bond donors (Lipinski definition) is 1. The predicted octanol–water partition coefficient (Wildman–Crippen LogP) is 2.30. The second-order valence-corrected chi connectivity index (χ2v) is 8.04. The summed E-state index contributed by atoms with van der Waals surface area (Å²) >= 11 is 0. The lowest BCUT2D eigenvalue weighted by molar-refractivity contribution is -0.377.